The molecule has 0 aliphatic rings. The lowest BCUT2D eigenvalue weighted by atomic mass is 9.99. The van der Waals surface area contributed by atoms with E-state index >= 15 is 0 Å². The largest absolute Gasteiger partial charge is 0.466 e. The van der Waals surface area contributed by atoms with Gasteiger partial charge in [-0.3, -0.25) is 0 Å². The Kier molecular flexibility index (Phi) is 3.41. The maximum Gasteiger partial charge on any atom is 0.165 e. The third-order valence-corrected chi connectivity index (χ3v) is 3.13. The quantitative estimate of drug-likeness (QED) is 0.842. The summed E-state index contributed by atoms with van der Waals surface area (Å²) in [4.78, 5) is 0. The fourth-order valence-corrected chi connectivity index (χ4v) is 2.21. The monoisotopic (exact) mass is 271 g/mol. The highest BCUT2D eigenvalue weighted by Gasteiger charge is 2.23. The molecule has 96 valence electrons. The molecule has 5 heteroatoms. The summed E-state index contributed by atoms with van der Waals surface area (Å²) in [5, 5.41) is 0.0969. The van der Waals surface area contributed by atoms with Crippen LogP contribution in [-0.4, -0.2) is 0 Å². The average molecular weight is 272 g/mol. The Labute approximate surface area is 108 Å². The maximum absolute atomic E-state index is 13.8. The highest BCUT2D eigenvalue weighted by Crippen LogP contribution is 2.32. The first-order valence-corrected chi connectivity index (χ1v) is 5.75. The summed E-state index contributed by atoms with van der Waals surface area (Å²) in [6, 6.07) is 3.10. The van der Waals surface area contributed by atoms with Gasteiger partial charge in [0.05, 0.1) is 6.04 Å². The van der Waals surface area contributed by atoms with E-state index in [1.807, 2.05) is 0 Å². The van der Waals surface area contributed by atoms with Crippen molar-refractivity contribution in [1.29, 1.82) is 0 Å². The van der Waals surface area contributed by atoms with Gasteiger partial charge < -0.3 is 10.2 Å². The molecule has 0 fully saturated rings. The summed E-state index contributed by atoms with van der Waals surface area (Å²) in [5.74, 6) is -0.762. The van der Waals surface area contributed by atoms with Gasteiger partial charge in [-0.25, -0.2) is 8.78 Å². The minimum absolute atomic E-state index is 0.0550. The van der Waals surface area contributed by atoms with Crippen LogP contribution >= 0.6 is 11.6 Å². The van der Waals surface area contributed by atoms with E-state index < -0.39 is 17.7 Å². The van der Waals surface area contributed by atoms with Crippen molar-refractivity contribution in [3.63, 3.8) is 0 Å². The molecule has 1 heterocycles. The highest BCUT2D eigenvalue weighted by atomic mass is 35.5. The van der Waals surface area contributed by atoms with Gasteiger partial charge in [-0.1, -0.05) is 11.6 Å². The zero-order valence-corrected chi connectivity index (χ0v) is 10.7. The lowest BCUT2D eigenvalue weighted by Gasteiger charge is -2.14. The second-order valence-corrected chi connectivity index (χ2v) is 4.51. The fraction of sp³-hybridized carbons (Fsp3) is 0.231. The van der Waals surface area contributed by atoms with E-state index in [9.17, 15) is 8.78 Å². The van der Waals surface area contributed by atoms with E-state index in [0.29, 0.717) is 17.1 Å². The molecule has 18 heavy (non-hydrogen) atoms. The molecular weight excluding hydrogens is 260 g/mol. The Hall–Kier alpha value is -1.39. The van der Waals surface area contributed by atoms with Crippen molar-refractivity contribution in [3.05, 3.63) is 57.5 Å². The summed E-state index contributed by atoms with van der Waals surface area (Å²) in [5.41, 5.74) is 6.49. The van der Waals surface area contributed by atoms with Gasteiger partial charge >= 0.3 is 0 Å². The lowest BCUT2D eigenvalue weighted by Crippen LogP contribution is -2.15. The average Bonchev–Trinajstić information content (AvgIpc) is 2.63. The van der Waals surface area contributed by atoms with E-state index in [0.717, 1.165) is 6.07 Å². The van der Waals surface area contributed by atoms with Crippen molar-refractivity contribution in [3.8, 4) is 0 Å². The van der Waals surface area contributed by atoms with Crippen LogP contribution in [0.1, 0.15) is 28.7 Å². The summed E-state index contributed by atoms with van der Waals surface area (Å²) in [6.45, 7) is 3.47. The topological polar surface area (TPSA) is 39.2 Å². The maximum atomic E-state index is 13.8. The van der Waals surface area contributed by atoms with Gasteiger partial charge in [0, 0.05) is 16.1 Å². The second-order valence-electron chi connectivity index (χ2n) is 4.10. The van der Waals surface area contributed by atoms with Gasteiger partial charge in [0.1, 0.15) is 11.5 Å². The Balaban J connectivity index is 2.56. The van der Waals surface area contributed by atoms with Crippen molar-refractivity contribution in [1.82, 2.24) is 0 Å². The minimum atomic E-state index is -1.02. The van der Waals surface area contributed by atoms with E-state index in [4.69, 9.17) is 21.8 Å². The molecular formula is C13H12ClF2NO. The molecule has 1 atom stereocenters. The third kappa shape index (κ3) is 2.13. The van der Waals surface area contributed by atoms with E-state index in [-0.39, 0.29) is 10.6 Å². The molecule has 2 rings (SSSR count). The Morgan fingerprint density at radius 2 is 1.94 bits per heavy atom. The van der Waals surface area contributed by atoms with Crippen LogP contribution < -0.4 is 5.73 Å². The van der Waals surface area contributed by atoms with Crippen LogP contribution in [0.4, 0.5) is 8.78 Å². The third-order valence-electron chi connectivity index (χ3n) is 2.80. The highest BCUT2D eigenvalue weighted by molar-refractivity contribution is 6.31. The van der Waals surface area contributed by atoms with Crippen LogP contribution in [0.5, 0.6) is 0 Å². The van der Waals surface area contributed by atoms with Crippen LogP contribution in [0.3, 0.4) is 0 Å². The lowest BCUT2D eigenvalue weighted by molar-refractivity contribution is 0.488. The number of hydrogen-bond donors (Lipinski definition) is 1. The van der Waals surface area contributed by atoms with Gasteiger partial charge in [-0.2, -0.15) is 0 Å². The summed E-state index contributed by atoms with van der Waals surface area (Å²) in [7, 11) is 0. The second kappa shape index (κ2) is 4.71. The number of rotatable bonds is 2. The predicted molar refractivity (Wildman–Crippen MR) is 65.6 cm³/mol. The molecule has 1 unspecified atom stereocenters. The number of hydrogen-bond acceptors (Lipinski definition) is 2. The number of halogens is 3. The molecule has 2 aromatic rings. The van der Waals surface area contributed by atoms with Gasteiger partial charge in [0.25, 0.3) is 0 Å². The molecule has 0 spiro atoms. The first kappa shape index (κ1) is 13.1. The Morgan fingerprint density at radius 3 is 2.50 bits per heavy atom. The predicted octanol–water partition coefficient (Wildman–Crippen LogP) is 3.88. The zero-order valence-electron chi connectivity index (χ0n) is 9.93. The molecule has 0 saturated carbocycles. The zero-order chi connectivity index (χ0) is 13.4. The molecule has 0 aliphatic heterocycles. The molecule has 0 aliphatic carbocycles. The number of furan rings is 1. The molecule has 0 radical (unpaired) electrons. The molecule has 1 aromatic carbocycles. The first-order valence-electron chi connectivity index (χ1n) is 5.37. The van der Waals surface area contributed by atoms with E-state index in [2.05, 4.69) is 0 Å². The van der Waals surface area contributed by atoms with E-state index in [1.54, 1.807) is 19.9 Å². The van der Waals surface area contributed by atoms with Gasteiger partial charge in [0.2, 0.25) is 0 Å². The van der Waals surface area contributed by atoms with Gasteiger partial charge in [-0.15, -0.1) is 0 Å². The van der Waals surface area contributed by atoms with Crippen LogP contribution in [0.15, 0.2) is 22.6 Å². The normalized spacial score (nSPS) is 12.8. The van der Waals surface area contributed by atoms with Crippen LogP contribution in [0, 0.1) is 25.5 Å². The van der Waals surface area contributed by atoms with Crippen LogP contribution in [0.25, 0.3) is 0 Å². The molecule has 1 aromatic heterocycles. The van der Waals surface area contributed by atoms with Crippen molar-refractivity contribution < 1.29 is 13.2 Å². The van der Waals surface area contributed by atoms with Crippen LogP contribution in [-0.2, 0) is 0 Å². The Morgan fingerprint density at radius 1 is 1.28 bits per heavy atom. The summed E-state index contributed by atoms with van der Waals surface area (Å²) < 4.78 is 32.3. The van der Waals surface area contributed by atoms with Gasteiger partial charge in [0.15, 0.2) is 11.6 Å². The van der Waals surface area contributed by atoms with Gasteiger partial charge in [-0.05, 0) is 32.0 Å². The molecule has 2 N–H and O–H groups in total. The molecule has 0 saturated heterocycles. The summed E-state index contributed by atoms with van der Waals surface area (Å²) >= 11 is 5.89. The smallest absolute Gasteiger partial charge is 0.165 e. The number of aryl methyl sites for hydroxylation is 2. The number of benzene rings is 1. The molecule has 0 amide bonds. The van der Waals surface area contributed by atoms with Crippen molar-refractivity contribution in [2.45, 2.75) is 19.9 Å². The Bertz CT molecular complexity index is 595. The first-order chi connectivity index (χ1) is 8.41. The fourth-order valence-electron chi connectivity index (χ4n) is 1.94. The van der Waals surface area contributed by atoms with Crippen molar-refractivity contribution in [2.24, 2.45) is 5.73 Å². The standard InChI is InChI=1S/C13H12ClF2NO/c1-6-5-8(7(2)18-6)13(17)11-9(14)3-4-10(15)12(11)16/h3-5,13H,17H2,1-2H3. The SMILES string of the molecule is Cc1cc(C(N)c2c(Cl)ccc(F)c2F)c(C)o1. The van der Waals surface area contributed by atoms with Crippen molar-refractivity contribution >= 4 is 11.6 Å². The number of nitrogens with two attached hydrogens (primary N) is 1. The van der Waals surface area contributed by atoms with Crippen molar-refractivity contribution in [2.75, 3.05) is 0 Å². The van der Waals surface area contributed by atoms with Crippen LogP contribution in [0.2, 0.25) is 5.02 Å². The molecule has 0 bridgehead atoms. The minimum Gasteiger partial charge on any atom is -0.466 e. The molecule has 2 nitrogen and oxygen atoms in total. The van der Waals surface area contributed by atoms with E-state index in [1.165, 1.54) is 6.07 Å². The summed E-state index contributed by atoms with van der Waals surface area (Å²) in [6.07, 6.45) is 0.